The normalized spacial score (nSPS) is 13.1. The van der Waals surface area contributed by atoms with E-state index in [0.717, 1.165) is 22.8 Å². The Hall–Kier alpha value is -3.27. The van der Waals surface area contributed by atoms with E-state index >= 15 is 0 Å². The fourth-order valence-electron chi connectivity index (χ4n) is 3.22. The van der Waals surface area contributed by atoms with Crippen molar-refractivity contribution in [3.8, 4) is 0 Å². The number of aromatic nitrogens is 2. The summed E-state index contributed by atoms with van der Waals surface area (Å²) in [5.41, 5.74) is 1.78. The molecule has 1 aliphatic heterocycles. The number of hydrogen-bond acceptors (Lipinski definition) is 4. The molecule has 0 atom stereocenters. The van der Waals surface area contributed by atoms with Crippen LogP contribution in [0.1, 0.15) is 22.4 Å². The first-order valence-electron chi connectivity index (χ1n) is 9.35. The lowest BCUT2D eigenvalue weighted by Gasteiger charge is -2.19. The quantitative estimate of drug-likeness (QED) is 0.449. The van der Waals surface area contributed by atoms with Gasteiger partial charge in [-0.25, -0.2) is 9.37 Å². The number of nitrogens with one attached hydrogen (secondary N) is 2. The first-order chi connectivity index (χ1) is 14.8. The predicted octanol–water partition coefficient (Wildman–Crippen LogP) is 4.64. The molecule has 1 aliphatic rings. The third kappa shape index (κ3) is 5.08. The molecule has 4 rings (SSSR count). The van der Waals surface area contributed by atoms with Gasteiger partial charge in [0, 0.05) is 25.7 Å². The van der Waals surface area contributed by atoms with Crippen molar-refractivity contribution in [1.29, 1.82) is 0 Å². The minimum Gasteiger partial charge on any atom is -0.358 e. The highest BCUT2D eigenvalue weighted by atomic mass is 32.1. The Labute approximate surface area is 181 Å². The first kappa shape index (κ1) is 21.0. The van der Waals surface area contributed by atoms with Gasteiger partial charge in [-0.3, -0.25) is 0 Å². The van der Waals surface area contributed by atoms with Crippen LogP contribution in [0.4, 0.5) is 29.3 Å². The van der Waals surface area contributed by atoms with Crippen molar-refractivity contribution in [3.63, 3.8) is 0 Å². The second-order valence-corrected chi connectivity index (χ2v) is 7.40. The molecule has 0 bridgehead atoms. The van der Waals surface area contributed by atoms with Crippen LogP contribution in [0.5, 0.6) is 0 Å². The Kier molecular flexibility index (Phi) is 5.73. The summed E-state index contributed by atoms with van der Waals surface area (Å²) in [6.45, 7) is 1.17. The Morgan fingerprint density at radius 1 is 1.00 bits per heavy atom. The van der Waals surface area contributed by atoms with Crippen molar-refractivity contribution in [2.24, 2.45) is 0 Å². The van der Waals surface area contributed by atoms with Gasteiger partial charge in [-0.1, -0.05) is 36.4 Å². The lowest BCUT2D eigenvalue weighted by molar-refractivity contribution is -0.141. The monoisotopic (exact) mass is 447 g/mol. The number of nitrogens with zero attached hydrogens (tertiary/aromatic N) is 3. The molecule has 160 valence electrons. The average molecular weight is 447 g/mol. The topological polar surface area (TPSA) is 53.1 Å². The van der Waals surface area contributed by atoms with Gasteiger partial charge in [0.25, 0.3) is 0 Å². The van der Waals surface area contributed by atoms with Crippen LogP contribution in [-0.2, 0) is 25.8 Å². The van der Waals surface area contributed by atoms with Crippen LogP contribution in [-0.4, -0.2) is 15.1 Å². The van der Waals surface area contributed by atoms with E-state index in [-0.39, 0.29) is 29.2 Å². The molecule has 2 heterocycles. The van der Waals surface area contributed by atoms with E-state index < -0.39 is 11.9 Å². The van der Waals surface area contributed by atoms with Crippen molar-refractivity contribution < 1.29 is 17.6 Å². The van der Waals surface area contributed by atoms with Gasteiger partial charge in [-0.15, -0.1) is 0 Å². The van der Waals surface area contributed by atoms with Gasteiger partial charge in [0.2, 0.25) is 5.95 Å². The predicted molar refractivity (Wildman–Crippen MR) is 113 cm³/mol. The molecule has 0 amide bonds. The van der Waals surface area contributed by atoms with Crippen LogP contribution in [0.3, 0.4) is 0 Å². The van der Waals surface area contributed by atoms with E-state index in [0.29, 0.717) is 13.1 Å². The standard InChI is InChI=1S/C21H17F4N5S/c22-16-7-5-13(6-8-16)10-26-20(31)29-19-27-17(21(23,24)25)9-18(28-19)30-11-14-3-1-2-4-15(14)12-30/h1-9H,10-12H2,(H2,26,27,28,29,31). The Balaban J connectivity index is 1.51. The van der Waals surface area contributed by atoms with Gasteiger partial charge in [-0.05, 0) is 41.0 Å². The van der Waals surface area contributed by atoms with Gasteiger partial charge in [0.15, 0.2) is 10.8 Å². The van der Waals surface area contributed by atoms with Crippen LogP contribution >= 0.6 is 12.2 Å². The zero-order valence-corrected chi connectivity index (χ0v) is 16.9. The molecule has 0 spiro atoms. The van der Waals surface area contributed by atoms with Gasteiger partial charge < -0.3 is 15.5 Å². The van der Waals surface area contributed by atoms with Crippen molar-refractivity contribution >= 4 is 29.1 Å². The van der Waals surface area contributed by atoms with Crippen molar-refractivity contribution in [2.45, 2.75) is 25.8 Å². The molecule has 2 aromatic carbocycles. The number of anilines is 2. The zero-order valence-electron chi connectivity index (χ0n) is 16.1. The molecule has 1 aromatic heterocycles. The molecule has 5 nitrogen and oxygen atoms in total. The lowest BCUT2D eigenvalue weighted by Crippen LogP contribution is -2.29. The summed E-state index contributed by atoms with van der Waals surface area (Å²) in [5, 5.41) is 5.52. The summed E-state index contributed by atoms with van der Waals surface area (Å²) in [4.78, 5) is 9.58. The molecule has 2 N–H and O–H groups in total. The molecule has 3 aromatic rings. The third-order valence-electron chi connectivity index (χ3n) is 4.76. The molecule has 10 heteroatoms. The molecule has 0 fully saturated rings. The SMILES string of the molecule is Fc1ccc(CNC(=S)Nc2nc(N3Cc4ccccc4C3)cc(C(F)(F)F)n2)cc1. The highest BCUT2D eigenvalue weighted by Gasteiger charge is 2.35. The molecule has 0 radical (unpaired) electrons. The van der Waals surface area contributed by atoms with Crippen molar-refractivity contribution in [3.05, 3.63) is 82.8 Å². The number of thiocarbonyl (C=S) groups is 1. The average Bonchev–Trinajstić information content (AvgIpc) is 3.17. The molecule has 0 aliphatic carbocycles. The molecule has 0 saturated heterocycles. The van der Waals surface area contributed by atoms with E-state index in [9.17, 15) is 17.6 Å². The van der Waals surface area contributed by atoms with E-state index in [4.69, 9.17) is 12.2 Å². The van der Waals surface area contributed by atoms with Gasteiger partial charge in [0.05, 0.1) is 0 Å². The fraction of sp³-hybridized carbons (Fsp3) is 0.190. The van der Waals surface area contributed by atoms with Crippen LogP contribution in [0.25, 0.3) is 0 Å². The summed E-state index contributed by atoms with van der Waals surface area (Å²) in [6, 6.07) is 14.4. The fourth-order valence-corrected chi connectivity index (χ4v) is 3.39. The number of benzene rings is 2. The van der Waals surface area contributed by atoms with E-state index in [1.807, 2.05) is 24.3 Å². The smallest absolute Gasteiger partial charge is 0.358 e. The maximum atomic E-state index is 13.4. The summed E-state index contributed by atoms with van der Waals surface area (Å²) in [7, 11) is 0. The van der Waals surface area contributed by atoms with E-state index in [1.165, 1.54) is 12.1 Å². The number of hydrogen-bond donors (Lipinski definition) is 2. The van der Waals surface area contributed by atoms with Crippen LogP contribution in [0, 0.1) is 5.82 Å². The number of fused-ring (bicyclic) bond motifs is 1. The van der Waals surface area contributed by atoms with E-state index in [1.54, 1.807) is 17.0 Å². The van der Waals surface area contributed by atoms with Crippen LogP contribution in [0.15, 0.2) is 54.6 Å². The second-order valence-electron chi connectivity index (χ2n) is 6.99. The largest absolute Gasteiger partial charge is 0.433 e. The second kappa shape index (κ2) is 8.46. The summed E-state index contributed by atoms with van der Waals surface area (Å²) >= 11 is 5.16. The Bertz CT molecular complexity index is 1080. The van der Waals surface area contributed by atoms with Gasteiger partial charge >= 0.3 is 6.18 Å². The summed E-state index contributed by atoms with van der Waals surface area (Å²) in [5.74, 6) is -0.460. The Morgan fingerprint density at radius 3 is 2.26 bits per heavy atom. The minimum atomic E-state index is -4.64. The molecule has 0 unspecified atom stereocenters. The highest BCUT2D eigenvalue weighted by molar-refractivity contribution is 7.80. The van der Waals surface area contributed by atoms with E-state index in [2.05, 4.69) is 20.6 Å². The molecule has 31 heavy (non-hydrogen) atoms. The number of alkyl halides is 3. The first-order valence-corrected chi connectivity index (χ1v) is 9.76. The summed E-state index contributed by atoms with van der Waals surface area (Å²) < 4.78 is 53.3. The third-order valence-corrected chi connectivity index (χ3v) is 5.01. The van der Waals surface area contributed by atoms with Crippen molar-refractivity contribution in [1.82, 2.24) is 15.3 Å². The summed E-state index contributed by atoms with van der Waals surface area (Å²) in [6.07, 6.45) is -4.64. The van der Waals surface area contributed by atoms with Crippen LogP contribution in [0.2, 0.25) is 0 Å². The van der Waals surface area contributed by atoms with Gasteiger partial charge in [0.1, 0.15) is 11.6 Å². The number of halogens is 4. The lowest BCUT2D eigenvalue weighted by atomic mass is 10.1. The molecule has 0 saturated carbocycles. The maximum absolute atomic E-state index is 13.4. The molecular weight excluding hydrogens is 430 g/mol. The minimum absolute atomic E-state index is 0.0549. The number of rotatable bonds is 4. The zero-order chi connectivity index (χ0) is 22.0. The highest BCUT2D eigenvalue weighted by Crippen LogP contribution is 2.33. The van der Waals surface area contributed by atoms with Gasteiger partial charge in [-0.2, -0.15) is 18.2 Å². The molecular formula is C21H17F4N5S. The van der Waals surface area contributed by atoms with Crippen LogP contribution < -0.4 is 15.5 Å². The Morgan fingerprint density at radius 2 is 1.65 bits per heavy atom. The van der Waals surface area contributed by atoms with Crippen molar-refractivity contribution in [2.75, 3.05) is 10.2 Å². The maximum Gasteiger partial charge on any atom is 0.433 e.